The molecule has 142 valence electrons. The molecular weight excluding hydrogens is 364 g/mol. The van der Waals surface area contributed by atoms with Crippen molar-refractivity contribution in [3.8, 4) is 0 Å². The standard InChI is InChI=1S/C21H39BrO2/c22-18-14-10-11-15-19-24-21(23)20-16-12-8-6-4-2-1-3-5-7-9-13-17-20/h20H,1-19H2. The van der Waals surface area contributed by atoms with E-state index in [0.717, 1.165) is 24.6 Å². The zero-order chi connectivity index (χ0) is 17.3. The molecule has 0 aromatic heterocycles. The van der Waals surface area contributed by atoms with Crippen molar-refractivity contribution in [2.24, 2.45) is 5.92 Å². The number of rotatable bonds is 7. The quantitative estimate of drug-likeness (QED) is 0.255. The third-order valence-corrected chi connectivity index (χ3v) is 5.77. The average molecular weight is 403 g/mol. The molecule has 0 unspecified atom stereocenters. The first-order valence-electron chi connectivity index (χ1n) is 10.6. The minimum absolute atomic E-state index is 0.0857. The fourth-order valence-electron chi connectivity index (χ4n) is 3.59. The van der Waals surface area contributed by atoms with Gasteiger partial charge in [0.15, 0.2) is 0 Å². The molecule has 0 bridgehead atoms. The zero-order valence-corrected chi connectivity index (χ0v) is 17.3. The van der Waals surface area contributed by atoms with Gasteiger partial charge in [-0.15, -0.1) is 0 Å². The third kappa shape index (κ3) is 12.3. The highest BCUT2D eigenvalue weighted by Gasteiger charge is 2.19. The van der Waals surface area contributed by atoms with Gasteiger partial charge in [-0.05, 0) is 25.7 Å². The van der Waals surface area contributed by atoms with Crippen LogP contribution in [-0.2, 0) is 9.53 Å². The van der Waals surface area contributed by atoms with Crippen LogP contribution in [0.2, 0.25) is 0 Å². The number of hydrogen-bond acceptors (Lipinski definition) is 2. The number of unbranched alkanes of at least 4 members (excludes halogenated alkanes) is 3. The summed E-state index contributed by atoms with van der Waals surface area (Å²) in [7, 11) is 0. The molecule has 1 rings (SSSR count). The van der Waals surface area contributed by atoms with Crippen LogP contribution in [0, 0.1) is 5.92 Å². The van der Waals surface area contributed by atoms with E-state index in [2.05, 4.69) is 15.9 Å². The van der Waals surface area contributed by atoms with Crippen molar-refractivity contribution in [1.82, 2.24) is 0 Å². The molecular formula is C21H39BrO2. The van der Waals surface area contributed by atoms with Crippen molar-refractivity contribution < 1.29 is 9.53 Å². The van der Waals surface area contributed by atoms with Crippen LogP contribution in [0.15, 0.2) is 0 Å². The molecule has 0 aliphatic heterocycles. The van der Waals surface area contributed by atoms with E-state index in [0.29, 0.717) is 6.61 Å². The Morgan fingerprint density at radius 3 is 1.67 bits per heavy atom. The molecule has 1 fully saturated rings. The van der Waals surface area contributed by atoms with Gasteiger partial charge in [0.05, 0.1) is 12.5 Å². The number of ether oxygens (including phenoxy) is 1. The average Bonchev–Trinajstić information content (AvgIpc) is 2.59. The first-order chi connectivity index (χ1) is 11.8. The summed E-state index contributed by atoms with van der Waals surface area (Å²) in [6, 6.07) is 0. The Balaban J connectivity index is 2.24. The molecule has 0 atom stereocenters. The molecule has 3 heteroatoms. The molecule has 0 aromatic rings. The molecule has 24 heavy (non-hydrogen) atoms. The highest BCUT2D eigenvalue weighted by atomic mass is 79.9. The van der Waals surface area contributed by atoms with E-state index >= 15 is 0 Å². The Labute approximate surface area is 158 Å². The van der Waals surface area contributed by atoms with Crippen LogP contribution in [0.4, 0.5) is 0 Å². The summed E-state index contributed by atoms with van der Waals surface area (Å²) in [5.74, 6) is 0.248. The van der Waals surface area contributed by atoms with Gasteiger partial charge in [0.1, 0.15) is 0 Å². The molecule has 0 radical (unpaired) electrons. The van der Waals surface area contributed by atoms with Gasteiger partial charge >= 0.3 is 5.97 Å². The maximum absolute atomic E-state index is 12.4. The van der Waals surface area contributed by atoms with Crippen molar-refractivity contribution in [2.75, 3.05) is 11.9 Å². The van der Waals surface area contributed by atoms with Crippen LogP contribution < -0.4 is 0 Å². The van der Waals surface area contributed by atoms with E-state index in [4.69, 9.17) is 4.74 Å². The number of halogens is 1. The predicted molar refractivity (Wildman–Crippen MR) is 107 cm³/mol. The Morgan fingerprint density at radius 2 is 1.17 bits per heavy atom. The van der Waals surface area contributed by atoms with Crippen molar-refractivity contribution in [3.05, 3.63) is 0 Å². The minimum Gasteiger partial charge on any atom is -0.465 e. The lowest BCUT2D eigenvalue weighted by Gasteiger charge is -2.16. The number of esters is 1. The minimum atomic E-state index is 0.0857. The molecule has 0 aromatic carbocycles. The van der Waals surface area contributed by atoms with Gasteiger partial charge < -0.3 is 4.74 Å². The van der Waals surface area contributed by atoms with Crippen LogP contribution in [-0.4, -0.2) is 17.9 Å². The van der Waals surface area contributed by atoms with Crippen molar-refractivity contribution in [3.63, 3.8) is 0 Å². The molecule has 0 amide bonds. The Kier molecular flexibility index (Phi) is 15.0. The van der Waals surface area contributed by atoms with Gasteiger partial charge in [-0.2, -0.15) is 0 Å². The molecule has 0 spiro atoms. The molecule has 1 saturated carbocycles. The van der Waals surface area contributed by atoms with Crippen LogP contribution in [0.3, 0.4) is 0 Å². The molecule has 2 nitrogen and oxygen atoms in total. The number of carbonyl (C=O) groups excluding carboxylic acids is 1. The first kappa shape index (κ1) is 22.0. The number of carbonyl (C=O) groups is 1. The fraction of sp³-hybridized carbons (Fsp3) is 0.952. The van der Waals surface area contributed by atoms with Gasteiger partial charge in [0, 0.05) is 5.33 Å². The van der Waals surface area contributed by atoms with Crippen LogP contribution in [0.25, 0.3) is 0 Å². The second kappa shape index (κ2) is 16.4. The largest absolute Gasteiger partial charge is 0.465 e. The van der Waals surface area contributed by atoms with E-state index in [1.165, 1.54) is 89.9 Å². The van der Waals surface area contributed by atoms with Gasteiger partial charge in [-0.25, -0.2) is 0 Å². The van der Waals surface area contributed by atoms with Gasteiger partial charge in [-0.3, -0.25) is 4.79 Å². The predicted octanol–water partition coefficient (Wildman–Crippen LogP) is 7.19. The highest BCUT2D eigenvalue weighted by molar-refractivity contribution is 9.09. The van der Waals surface area contributed by atoms with Crippen molar-refractivity contribution >= 4 is 21.9 Å². The van der Waals surface area contributed by atoms with Crippen molar-refractivity contribution in [1.29, 1.82) is 0 Å². The summed E-state index contributed by atoms with van der Waals surface area (Å²) in [5, 5.41) is 1.08. The highest BCUT2D eigenvalue weighted by Crippen LogP contribution is 2.22. The van der Waals surface area contributed by atoms with Crippen LogP contribution in [0.1, 0.15) is 109 Å². The Morgan fingerprint density at radius 1 is 0.708 bits per heavy atom. The lowest BCUT2D eigenvalue weighted by atomic mass is 9.93. The monoisotopic (exact) mass is 402 g/mol. The lowest BCUT2D eigenvalue weighted by molar-refractivity contribution is -0.149. The van der Waals surface area contributed by atoms with Crippen LogP contribution in [0.5, 0.6) is 0 Å². The van der Waals surface area contributed by atoms with Crippen LogP contribution >= 0.6 is 15.9 Å². The molecule has 0 N–H and O–H groups in total. The first-order valence-corrected chi connectivity index (χ1v) is 11.7. The van der Waals surface area contributed by atoms with E-state index in [-0.39, 0.29) is 11.9 Å². The van der Waals surface area contributed by atoms with Gasteiger partial charge in [0.25, 0.3) is 0 Å². The molecule has 1 aliphatic rings. The summed E-state index contributed by atoms with van der Waals surface area (Å²) in [5.41, 5.74) is 0. The summed E-state index contributed by atoms with van der Waals surface area (Å²) in [6.45, 7) is 0.623. The van der Waals surface area contributed by atoms with E-state index < -0.39 is 0 Å². The van der Waals surface area contributed by atoms with E-state index in [9.17, 15) is 4.79 Å². The second-order valence-corrected chi connectivity index (χ2v) is 8.23. The zero-order valence-electron chi connectivity index (χ0n) is 15.7. The Bertz CT molecular complexity index is 280. The van der Waals surface area contributed by atoms with Gasteiger partial charge in [0.2, 0.25) is 0 Å². The molecule has 0 heterocycles. The molecule has 0 saturated heterocycles. The van der Waals surface area contributed by atoms with E-state index in [1.807, 2.05) is 0 Å². The maximum Gasteiger partial charge on any atom is 0.308 e. The Hall–Kier alpha value is -0.0500. The second-order valence-electron chi connectivity index (χ2n) is 7.43. The summed E-state index contributed by atoms with van der Waals surface area (Å²) in [4.78, 5) is 12.4. The smallest absolute Gasteiger partial charge is 0.308 e. The SMILES string of the molecule is O=C(OCCCCCCBr)C1CCCCCCCCCCCCC1. The molecule has 1 aliphatic carbocycles. The number of hydrogen-bond donors (Lipinski definition) is 0. The van der Waals surface area contributed by atoms with Crippen molar-refractivity contribution in [2.45, 2.75) is 109 Å². The summed E-state index contributed by atoms with van der Waals surface area (Å²) < 4.78 is 5.58. The lowest BCUT2D eigenvalue weighted by Crippen LogP contribution is -2.18. The fourth-order valence-corrected chi connectivity index (χ4v) is 3.99. The summed E-state index contributed by atoms with van der Waals surface area (Å²) in [6.07, 6.45) is 21.4. The number of alkyl halides is 1. The summed E-state index contributed by atoms with van der Waals surface area (Å²) >= 11 is 3.45. The third-order valence-electron chi connectivity index (χ3n) is 5.21. The van der Waals surface area contributed by atoms with E-state index in [1.54, 1.807) is 0 Å². The normalized spacial score (nSPS) is 19.5. The topological polar surface area (TPSA) is 26.3 Å². The van der Waals surface area contributed by atoms with Gasteiger partial charge in [-0.1, -0.05) is 99.4 Å². The maximum atomic E-state index is 12.4.